The molecule has 18 heavy (non-hydrogen) atoms. The Morgan fingerprint density at radius 2 is 2.17 bits per heavy atom. The zero-order valence-corrected chi connectivity index (χ0v) is 11.4. The molecule has 0 unspecified atom stereocenters. The predicted molar refractivity (Wildman–Crippen MR) is 77.6 cm³/mol. The molecular weight excluding hydrogens is 244 g/mol. The lowest BCUT2D eigenvalue weighted by Gasteiger charge is -2.21. The van der Waals surface area contributed by atoms with E-state index in [1.165, 1.54) is 38.5 Å². The summed E-state index contributed by atoms with van der Waals surface area (Å²) in [6, 6.07) is 1.80. The second-order valence-electron chi connectivity index (χ2n) is 4.88. The Morgan fingerprint density at radius 1 is 1.39 bits per heavy atom. The zero-order chi connectivity index (χ0) is 12.8. The lowest BCUT2D eigenvalue weighted by molar-refractivity contribution is 0.345. The number of rotatable bonds is 5. The largest absolute Gasteiger partial charge is 0.389 e. The molecule has 1 aliphatic rings. The maximum Gasteiger partial charge on any atom is 0.158 e. The van der Waals surface area contributed by atoms with Crippen molar-refractivity contribution >= 4 is 23.0 Å². The van der Waals surface area contributed by atoms with Gasteiger partial charge < -0.3 is 11.1 Å². The average Bonchev–Trinajstić information content (AvgIpc) is 2.40. The maximum absolute atomic E-state index is 5.65. The summed E-state index contributed by atoms with van der Waals surface area (Å²) in [5.41, 5.74) is 6.43. The summed E-state index contributed by atoms with van der Waals surface area (Å²) in [5, 5.41) is 11.2. The third-order valence-electron chi connectivity index (χ3n) is 3.56. The minimum Gasteiger partial charge on any atom is -0.389 e. The van der Waals surface area contributed by atoms with Gasteiger partial charge in [-0.1, -0.05) is 44.3 Å². The molecule has 0 bridgehead atoms. The second-order valence-corrected chi connectivity index (χ2v) is 5.32. The van der Waals surface area contributed by atoms with Crippen molar-refractivity contribution in [2.75, 3.05) is 11.9 Å². The van der Waals surface area contributed by atoms with Gasteiger partial charge in [-0.05, 0) is 18.4 Å². The molecular formula is C13H20N4S. The van der Waals surface area contributed by atoms with Gasteiger partial charge in [-0.2, -0.15) is 5.10 Å². The summed E-state index contributed by atoms with van der Waals surface area (Å²) < 4.78 is 0. The Balaban J connectivity index is 1.84. The maximum atomic E-state index is 5.65. The number of nitrogens with one attached hydrogen (secondary N) is 1. The van der Waals surface area contributed by atoms with Crippen LogP contribution < -0.4 is 11.1 Å². The van der Waals surface area contributed by atoms with Crippen LogP contribution in [-0.2, 0) is 0 Å². The van der Waals surface area contributed by atoms with Crippen molar-refractivity contribution in [2.45, 2.75) is 38.5 Å². The highest BCUT2D eigenvalue weighted by molar-refractivity contribution is 7.80. The Kier molecular flexibility index (Phi) is 4.87. The first kappa shape index (κ1) is 13.2. The Hall–Kier alpha value is -1.23. The van der Waals surface area contributed by atoms with E-state index in [0.29, 0.717) is 10.8 Å². The van der Waals surface area contributed by atoms with E-state index < -0.39 is 0 Å². The van der Waals surface area contributed by atoms with Crippen LogP contribution in [0.4, 0.5) is 5.82 Å². The molecule has 0 aromatic carbocycles. The first-order valence-electron chi connectivity index (χ1n) is 6.62. The normalized spacial score (nSPS) is 16.4. The lowest BCUT2D eigenvalue weighted by atomic mass is 9.87. The highest BCUT2D eigenvalue weighted by Crippen LogP contribution is 2.26. The topological polar surface area (TPSA) is 63.8 Å². The number of hydrogen-bond donors (Lipinski definition) is 2. The van der Waals surface area contributed by atoms with E-state index in [1.807, 2.05) is 0 Å². The van der Waals surface area contributed by atoms with Gasteiger partial charge in [-0.3, -0.25) is 0 Å². The lowest BCUT2D eigenvalue weighted by Crippen LogP contribution is -2.17. The van der Waals surface area contributed by atoms with E-state index >= 15 is 0 Å². The molecule has 0 saturated heterocycles. The van der Waals surface area contributed by atoms with Gasteiger partial charge in [-0.25, -0.2) is 0 Å². The molecule has 3 N–H and O–H groups in total. The van der Waals surface area contributed by atoms with E-state index in [0.717, 1.165) is 18.0 Å². The summed E-state index contributed by atoms with van der Waals surface area (Å²) in [6.45, 7) is 0.916. The van der Waals surface area contributed by atoms with Crippen LogP contribution in [0.15, 0.2) is 12.3 Å². The van der Waals surface area contributed by atoms with Crippen molar-refractivity contribution in [1.82, 2.24) is 10.2 Å². The summed E-state index contributed by atoms with van der Waals surface area (Å²) in [6.07, 6.45) is 9.70. The highest BCUT2D eigenvalue weighted by atomic mass is 32.1. The van der Waals surface area contributed by atoms with Gasteiger partial charge in [0.25, 0.3) is 0 Å². The van der Waals surface area contributed by atoms with Crippen molar-refractivity contribution in [1.29, 1.82) is 0 Å². The molecule has 5 heteroatoms. The quantitative estimate of drug-likeness (QED) is 0.800. The van der Waals surface area contributed by atoms with Crippen LogP contribution >= 0.6 is 12.2 Å². The summed E-state index contributed by atoms with van der Waals surface area (Å²) in [7, 11) is 0. The molecule has 0 aliphatic heterocycles. The van der Waals surface area contributed by atoms with Crippen LogP contribution in [0.3, 0.4) is 0 Å². The van der Waals surface area contributed by atoms with Gasteiger partial charge in [0.05, 0.1) is 11.8 Å². The molecule has 0 radical (unpaired) electrons. The highest BCUT2D eigenvalue weighted by Gasteiger charge is 2.13. The second kappa shape index (κ2) is 6.64. The van der Waals surface area contributed by atoms with Crippen LogP contribution in [0.25, 0.3) is 0 Å². The van der Waals surface area contributed by atoms with E-state index in [1.54, 1.807) is 12.3 Å². The Bertz CT molecular complexity index is 402. The van der Waals surface area contributed by atoms with Crippen molar-refractivity contribution in [2.24, 2.45) is 11.7 Å². The number of thiocarbonyl (C=S) groups is 1. The third-order valence-corrected chi connectivity index (χ3v) is 3.78. The zero-order valence-electron chi connectivity index (χ0n) is 10.6. The first-order valence-corrected chi connectivity index (χ1v) is 7.03. The fourth-order valence-electron chi connectivity index (χ4n) is 2.53. The van der Waals surface area contributed by atoms with Crippen LogP contribution in [0.1, 0.15) is 44.1 Å². The molecule has 0 atom stereocenters. The monoisotopic (exact) mass is 264 g/mol. The van der Waals surface area contributed by atoms with E-state index in [4.69, 9.17) is 18.0 Å². The van der Waals surface area contributed by atoms with E-state index in [9.17, 15) is 0 Å². The average molecular weight is 264 g/mol. The molecule has 1 aromatic rings. The standard InChI is InChI=1S/C13H20N4S/c14-12(18)11-7-9-16-17-13(11)15-8-6-10-4-2-1-3-5-10/h7,9-10H,1-6,8H2,(H2,14,18)(H,15,17). The van der Waals surface area contributed by atoms with Crippen molar-refractivity contribution in [3.05, 3.63) is 17.8 Å². The number of anilines is 1. The molecule has 1 fully saturated rings. The van der Waals surface area contributed by atoms with Gasteiger partial charge in [0, 0.05) is 6.54 Å². The predicted octanol–water partition coefficient (Wildman–Crippen LogP) is 2.49. The van der Waals surface area contributed by atoms with Crippen LogP contribution in [0.2, 0.25) is 0 Å². The molecule has 1 saturated carbocycles. The Labute approximate surface area is 113 Å². The number of aromatic nitrogens is 2. The van der Waals surface area contributed by atoms with Gasteiger partial charge >= 0.3 is 0 Å². The van der Waals surface area contributed by atoms with Crippen LogP contribution in [-0.4, -0.2) is 21.7 Å². The smallest absolute Gasteiger partial charge is 0.158 e. The molecule has 1 heterocycles. The van der Waals surface area contributed by atoms with Gasteiger partial charge in [-0.15, -0.1) is 5.10 Å². The molecule has 1 aromatic heterocycles. The number of nitrogens with zero attached hydrogens (tertiary/aromatic N) is 2. The minimum absolute atomic E-state index is 0.366. The number of nitrogens with two attached hydrogens (primary N) is 1. The van der Waals surface area contributed by atoms with Crippen molar-refractivity contribution in [3.63, 3.8) is 0 Å². The molecule has 0 amide bonds. The van der Waals surface area contributed by atoms with Crippen LogP contribution in [0, 0.1) is 5.92 Å². The van der Waals surface area contributed by atoms with E-state index in [-0.39, 0.29) is 0 Å². The Morgan fingerprint density at radius 3 is 2.89 bits per heavy atom. The summed E-state index contributed by atoms with van der Waals surface area (Å²) in [5.74, 6) is 1.57. The van der Waals surface area contributed by atoms with Gasteiger partial charge in [0.2, 0.25) is 0 Å². The molecule has 0 spiro atoms. The molecule has 2 rings (SSSR count). The third kappa shape index (κ3) is 3.63. The van der Waals surface area contributed by atoms with Crippen molar-refractivity contribution < 1.29 is 0 Å². The van der Waals surface area contributed by atoms with Gasteiger partial charge in [0.1, 0.15) is 4.99 Å². The van der Waals surface area contributed by atoms with Crippen LogP contribution in [0.5, 0.6) is 0 Å². The molecule has 4 nitrogen and oxygen atoms in total. The summed E-state index contributed by atoms with van der Waals surface area (Å²) in [4.78, 5) is 0.366. The fourth-order valence-corrected chi connectivity index (χ4v) is 2.70. The number of hydrogen-bond acceptors (Lipinski definition) is 4. The first-order chi connectivity index (χ1) is 8.77. The SMILES string of the molecule is NC(=S)c1ccnnc1NCCC1CCCCC1. The minimum atomic E-state index is 0.366. The van der Waals surface area contributed by atoms with E-state index in [2.05, 4.69) is 15.5 Å². The van der Waals surface area contributed by atoms with Gasteiger partial charge in [0.15, 0.2) is 5.82 Å². The summed E-state index contributed by atoms with van der Waals surface area (Å²) >= 11 is 5.00. The fraction of sp³-hybridized carbons (Fsp3) is 0.615. The van der Waals surface area contributed by atoms with Crippen molar-refractivity contribution in [3.8, 4) is 0 Å². The molecule has 1 aliphatic carbocycles. The molecule has 98 valence electrons.